The average molecular weight is 197 g/mol. The van der Waals surface area contributed by atoms with Crippen molar-refractivity contribution in [1.29, 1.82) is 0 Å². The molecule has 0 saturated carbocycles. The summed E-state index contributed by atoms with van der Waals surface area (Å²) in [6.07, 6.45) is 2.70. The Morgan fingerprint density at radius 1 is 1.21 bits per heavy atom. The molecule has 2 nitrogen and oxygen atoms in total. The summed E-state index contributed by atoms with van der Waals surface area (Å²) in [6, 6.07) is 0. The van der Waals surface area contributed by atoms with Gasteiger partial charge in [-0.3, -0.25) is 0 Å². The van der Waals surface area contributed by atoms with E-state index in [1.54, 1.807) is 13.8 Å². The second-order valence-corrected chi connectivity index (χ2v) is 5.56. The highest BCUT2D eigenvalue weighted by molar-refractivity contribution is 5.71. The number of carbonyl (C=O) groups excluding carboxylic acids is 1. The Morgan fingerprint density at radius 3 is 1.93 bits per heavy atom. The number of aliphatic carboxylic acids is 1. The van der Waals surface area contributed by atoms with Gasteiger partial charge in [-0.1, -0.05) is 39.3 Å². The van der Waals surface area contributed by atoms with Crippen molar-refractivity contribution >= 4 is 5.97 Å². The number of allylic oxidation sites excluding steroid dienone is 2. The Bertz CT molecular complexity index is 243. The van der Waals surface area contributed by atoms with Crippen LogP contribution in [0, 0.1) is 10.8 Å². The molecule has 2 heteroatoms. The molecule has 0 unspecified atom stereocenters. The molecule has 0 rings (SSSR count). The predicted molar refractivity (Wildman–Crippen MR) is 56.6 cm³/mol. The van der Waals surface area contributed by atoms with E-state index >= 15 is 0 Å². The van der Waals surface area contributed by atoms with Gasteiger partial charge < -0.3 is 9.90 Å². The molecule has 0 aromatic heterocycles. The van der Waals surface area contributed by atoms with E-state index in [-0.39, 0.29) is 5.41 Å². The van der Waals surface area contributed by atoms with Crippen LogP contribution in [0.3, 0.4) is 0 Å². The topological polar surface area (TPSA) is 40.1 Å². The van der Waals surface area contributed by atoms with Crippen LogP contribution < -0.4 is 5.11 Å². The van der Waals surface area contributed by atoms with Gasteiger partial charge in [0, 0.05) is 11.4 Å². The Kier molecular flexibility index (Phi) is 3.92. The van der Waals surface area contributed by atoms with Gasteiger partial charge in [0.1, 0.15) is 0 Å². The van der Waals surface area contributed by atoms with E-state index < -0.39 is 11.4 Å². The molecule has 14 heavy (non-hydrogen) atoms. The summed E-state index contributed by atoms with van der Waals surface area (Å²) in [5, 5.41) is 10.9. The SMILES string of the molecule is CC(C)=CC(C)(C)CC(C)(C)C(=O)[O-]. The largest absolute Gasteiger partial charge is 0.550 e. The second kappa shape index (κ2) is 4.16. The van der Waals surface area contributed by atoms with Gasteiger partial charge in [-0.05, 0) is 25.7 Å². The molecule has 82 valence electrons. The van der Waals surface area contributed by atoms with Crippen molar-refractivity contribution in [2.24, 2.45) is 10.8 Å². The standard InChI is InChI=1S/C12H22O2/c1-9(2)7-11(3,4)8-12(5,6)10(13)14/h7H,8H2,1-6H3,(H,13,14)/p-1. The van der Waals surface area contributed by atoms with Crippen molar-refractivity contribution in [3.05, 3.63) is 11.6 Å². The zero-order valence-corrected chi connectivity index (χ0v) is 10.1. The van der Waals surface area contributed by atoms with Crippen LogP contribution in [0.15, 0.2) is 11.6 Å². The zero-order valence-electron chi connectivity index (χ0n) is 10.1. The number of carbonyl (C=O) groups is 1. The van der Waals surface area contributed by atoms with Crippen molar-refractivity contribution < 1.29 is 9.90 Å². The predicted octanol–water partition coefficient (Wildman–Crippen LogP) is 2.14. The summed E-state index contributed by atoms with van der Waals surface area (Å²) >= 11 is 0. The van der Waals surface area contributed by atoms with E-state index in [1.165, 1.54) is 5.57 Å². The Labute approximate surface area is 87.0 Å². The molecule has 0 amide bonds. The van der Waals surface area contributed by atoms with E-state index in [0.717, 1.165) is 0 Å². The Balaban J connectivity index is 4.67. The summed E-state index contributed by atoms with van der Waals surface area (Å²) < 4.78 is 0. The Morgan fingerprint density at radius 2 is 1.64 bits per heavy atom. The van der Waals surface area contributed by atoms with Crippen LogP contribution >= 0.6 is 0 Å². The summed E-state index contributed by atoms with van der Waals surface area (Å²) in [5.74, 6) is -0.979. The fourth-order valence-electron chi connectivity index (χ4n) is 2.04. The molecule has 0 atom stereocenters. The summed E-state index contributed by atoms with van der Waals surface area (Å²) in [6.45, 7) is 11.6. The van der Waals surface area contributed by atoms with Crippen molar-refractivity contribution in [3.8, 4) is 0 Å². The lowest BCUT2D eigenvalue weighted by atomic mass is 9.74. The molecule has 0 aromatic rings. The fourth-order valence-corrected chi connectivity index (χ4v) is 2.04. The highest BCUT2D eigenvalue weighted by Crippen LogP contribution is 2.34. The first-order chi connectivity index (χ1) is 6.07. The van der Waals surface area contributed by atoms with Gasteiger partial charge in [0.15, 0.2) is 0 Å². The minimum atomic E-state index is -0.979. The first kappa shape index (κ1) is 13.2. The van der Waals surface area contributed by atoms with E-state index in [2.05, 4.69) is 6.08 Å². The molecule has 0 aliphatic carbocycles. The molecule has 0 fully saturated rings. The lowest BCUT2D eigenvalue weighted by molar-refractivity contribution is -0.318. The fraction of sp³-hybridized carbons (Fsp3) is 0.750. The van der Waals surface area contributed by atoms with Gasteiger partial charge >= 0.3 is 0 Å². The normalized spacial score (nSPS) is 12.4. The van der Waals surface area contributed by atoms with Gasteiger partial charge in [0.2, 0.25) is 0 Å². The molecular weight excluding hydrogens is 176 g/mol. The average Bonchev–Trinajstić information content (AvgIpc) is 1.79. The number of carboxylic acids is 1. The number of carboxylic acid groups (broad SMARTS) is 1. The molecular formula is C12H21O2-. The van der Waals surface area contributed by atoms with Gasteiger partial charge in [-0.2, -0.15) is 0 Å². The Hall–Kier alpha value is -0.790. The third-order valence-corrected chi connectivity index (χ3v) is 2.13. The molecule has 0 spiro atoms. The molecule has 0 radical (unpaired) electrons. The molecule has 0 saturated heterocycles. The van der Waals surface area contributed by atoms with Crippen molar-refractivity contribution in [2.75, 3.05) is 0 Å². The van der Waals surface area contributed by atoms with Crippen LogP contribution in [0.5, 0.6) is 0 Å². The van der Waals surface area contributed by atoms with Crippen LogP contribution in [-0.2, 0) is 4.79 Å². The number of hydrogen-bond acceptors (Lipinski definition) is 2. The zero-order chi connectivity index (χ0) is 11.6. The summed E-state index contributed by atoms with van der Waals surface area (Å²) in [5.41, 5.74) is 0.349. The minimum absolute atomic E-state index is 0.0948. The van der Waals surface area contributed by atoms with E-state index in [1.807, 2.05) is 27.7 Å². The molecule has 0 heterocycles. The molecule has 0 aromatic carbocycles. The smallest absolute Gasteiger partial charge is 0.0471 e. The minimum Gasteiger partial charge on any atom is -0.550 e. The van der Waals surface area contributed by atoms with Crippen LogP contribution in [-0.4, -0.2) is 5.97 Å². The molecule has 0 N–H and O–H groups in total. The summed E-state index contributed by atoms with van der Waals surface area (Å²) in [7, 11) is 0. The monoisotopic (exact) mass is 197 g/mol. The van der Waals surface area contributed by atoms with E-state index in [0.29, 0.717) is 6.42 Å². The van der Waals surface area contributed by atoms with Crippen LogP contribution in [0.2, 0.25) is 0 Å². The van der Waals surface area contributed by atoms with Gasteiger partial charge in [-0.25, -0.2) is 0 Å². The lowest BCUT2D eigenvalue weighted by Gasteiger charge is -2.34. The third-order valence-electron chi connectivity index (χ3n) is 2.13. The highest BCUT2D eigenvalue weighted by Gasteiger charge is 2.28. The first-order valence-electron chi connectivity index (χ1n) is 4.94. The maximum Gasteiger partial charge on any atom is 0.0471 e. The van der Waals surface area contributed by atoms with Crippen LogP contribution in [0.25, 0.3) is 0 Å². The quantitative estimate of drug-likeness (QED) is 0.648. The second-order valence-electron chi connectivity index (χ2n) is 5.56. The van der Waals surface area contributed by atoms with Gasteiger partial charge in [-0.15, -0.1) is 0 Å². The maximum absolute atomic E-state index is 10.9. The first-order valence-corrected chi connectivity index (χ1v) is 4.94. The van der Waals surface area contributed by atoms with E-state index in [4.69, 9.17) is 0 Å². The van der Waals surface area contributed by atoms with Gasteiger partial charge in [0.25, 0.3) is 0 Å². The third kappa shape index (κ3) is 4.45. The molecule has 0 aliphatic rings. The van der Waals surface area contributed by atoms with E-state index in [9.17, 15) is 9.90 Å². The number of rotatable bonds is 4. The van der Waals surface area contributed by atoms with Crippen molar-refractivity contribution in [1.82, 2.24) is 0 Å². The maximum atomic E-state index is 10.9. The van der Waals surface area contributed by atoms with Gasteiger partial charge in [0.05, 0.1) is 0 Å². The lowest BCUT2D eigenvalue weighted by Crippen LogP contribution is -2.40. The molecule has 0 aliphatic heterocycles. The number of hydrogen-bond donors (Lipinski definition) is 0. The highest BCUT2D eigenvalue weighted by atomic mass is 16.4. The molecule has 0 bridgehead atoms. The van der Waals surface area contributed by atoms with Crippen LogP contribution in [0.4, 0.5) is 0 Å². The van der Waals surface area contributed by atoms with Crippen molar-refractivity contribution in [2.45, 2.75) is 48.0 Å². The van der Waals surface area contributed by atoms with Crippen LogP contribution in [0.1, 0.15) is 48.0 Å². The van der Waals surface area contributed by atoms with Crippen molar-refractivity contribution in [3.63, 3.8) is 0 Å². The summed E-state index contributed by atoms with van der Waals surface area (Å²) in [4.78, 5) is 10.9.